The number of ether oxygens (including phenoxy) is 2. The number of nitrogens with one attached hydrogen (secondary N) is 2. The van der Waals surface area contributed by atoms with Gasteiger partial charge in [0.25, 0.3) is 5.91 Å². The second-order valence-corrected chi connectivity index (χ2v) is 5.45. The molecule has 0 saturated carbocycles. The van der Waals surface area contributed by atoms with E-state index in [4.69, 9.17) is 14.6 Å². The molecule has 2 aromatic carbocycles. The lowest BCUT2D eigenvalue weighted by Gasteiger charge is -2.27. The molecule has 1 heterocycles. The minimum atomic E-state index is -1.07. The molecule has 8 heteroatoms. The zero-order valence-electron chi connectivity index (χ0n) is 13.8. The van der Waals surface area contributed by atoms with Crippen LogP contribution in [0.4, 0.5) is 11.4 Å². The Hall–Kier alpha value is -3.55. The third kappa shape index (κ3) is 3.59. The summed E-state index contributed by atoms with van der Waals surface area (Å²) in [6.45, 7) is 1.96. The Kier molecular flexibility index (Phi) is 4.74. The van der Waals surface area contributed by atoms with Crippen molar-refractivity contribution in [1.29, 1.82) is 0 Å². The molecule has 0 radical (unpaired) electrons. The number of anilines is 2. The fourth-order valence-electron chi connectivity index (χ4n) is 2.44. The lowest BCUT2D eigenvalue weighted by molar-refractivity contribution is -0.122. The highest BCUT2D eigenvalue weighted by Crippen LogP contribution is 2.31. The van der Waals surface area contributed by atoms with Gasteiger partial charge in [-0.05, 0) is 43.3 Å². The number of benzene rings is 2. The van der Waals surface area contributed by atoms with Gasteiger partial charge in [-0.25, -0.2) is 9.59 Å². The molecule has 0 saturated heterocycles. The largest absolute Gasteiger partial charge is 0.478 e. The van der Waals surface area contributed by atoms with Gasteiger partial charge in [-0.2, -0.15) is 0 Å². The van der Waals surface area contributed by atoms with Crippen molar-refractivity contribution in [2.75, 3.05) is 17.2 Å². The molecule has 1 amide bonds. The number of carbonyl (C=O) groups is 3. The van der Waals surface area contributed by atoms with Gasteiger partial charge in [0.05, 0.1) is 23.4 Å². The van der Waals surface area contributed by atoms with Gasteiger partial charge in [-0.15, -0.1) is 0 Å². The van der Waals surface area contributed by atoms with E-state index in [0.717, 1.165) is 0 Å². The molecule has 8 nitrogen and oxygen atoms in total. The molecule has 0 aliphatic carbocycles. The predicted molar refractivity (Wildman–Crippen MR) is 92.5 cm³/mol. The van der Waals surface area contributed by atoms with Crippen molar-refractivity contribution in [3.05, 3.63) is 53.6 Å². The number of carbonyl (C=O) groups excluding carboxylic acids is 2. The van der Waals surface area contributed by atoms with E-state index in [-0.39, 0.29) is 12.2 Å². The van der Waals surface area contributed by atoms with Crippen molar-refractivity contribution in [3.8, 4) is 5.75 Å². The first-order valence-electron chi connectivity index (χ1n) is 7.86. The number of hydrogen-bond donors (Lipinski definition) is 3. The van der Waals surface area contributed by atoms with Gasteiger partial charge in [0.2, 0.25) is 6.23 Å². The topological polar surface area (TPSA) is 114 Å². The van der Waals surface area contributed by atoms with Gasteiger partial charge < -0.3 is 25.2 Å². The van der Waals surface area contributed by atoms with Crippen LogP contribution in [0.2, 0.25) is 0 Å². The van der Waals surface area contributed by atoms with Crippen LogP contribution in [0.1, 0.15) is 27.6 Å². The Labute approximate surface area is 148 Å². The van der Waals surface area contributed by atoms with Crippen molar-refractivity contribution in [3.63, 3.8) is 0 Å². The van der Waals surface area contributed by atoms with Crippen LogP contribution in [-0.4, -0.2) is 35.8 Å². The minimum absolute atomic E-state index is 0.0886. The number of carboxylic acid groups (broad SMARTS) is 1. The van der Waals surface area contributed by atoms with Gasteiger partial charge in [0.1, 0.15) is 5.75 Å². The van der Waals surface area contributed by atoms with Crippen molar-refractivity contribution < 1.29 is 29.0 Å². The molecular formula is C18H16N2O6. The van der Waals surface area contributed by atoms with Crippen LogP contribution in [0.3, 0.4) is 0 Å². The first-order valence-corrected chi connectivity index (χ1v) is 7.86. The van der Waals surface area contributed by atoms with E-state index < -0.39 is 24.1 Å². The summed E-state index contributed by atoms with van der Waals surface area (Å²) < 4.78 is 10.5. The number of esters is 1. The molecule has 1 aliphatic heterocycles. The lowest BCUT2D eigenvalue weighted by atomic mass is 10.1. The number of carboxylic acids is 1. The van der Waals surface area contributed by atoms with E-state index in [9.17, 15) is 14.4 Å². The van der Waals surface area contributed by atoms with E-state index in [1.807, 2.05) is 0 Å². The van der Waals surface area contributed by atoms with Gasteiger partial charge in [0.15, 0.2) is 0 Å². The highest BCUT2D eigenvalue weighted by Gasteiger charge is 2.28. The Balaban J connectivity index is 1.78. The monoisotopic (exact) mass is 356 g/mol. The Morgan fingerprint density at radius 2 is 2.04 bits per heavy atom. The number of hydrogen-bond acceptors (Lipinski definition) is 6. The Morgan fingerprint density at radius 3 is 2.77 bits per heavy atom. The smallest absolute Gasteiger partial charge is 0.338 e. The first-order chi connectivity index (χ1) is 12.5. The molecule has 3 N–H and O–H groups in total. The maximum atomic E-state index is 12.3. The summed E-state index contributed by atoms with van der Waals surface area (Å²) in [7, 11) is 0. The second kappa shape index (κ2) is 7.14. The van der Waals surface area contributed by atoms with Crippen LogP contribution in [0, 0.1) is 0 Å². The standard InChI is InChI=1S/C18H16N2O6/c1-2-25-18(24)11-6-7-14-13(9-11)20-15(21)16(26-14)19-12-5-3-4-10(8-12)17(22)23/h3-9,16,19H,2H2,1H3,(H,20,21)(H,22,23). The first kappa shape index (κ1) is 17.3. The highest BCUT2D eigenvalue weighted by atomic mass is 16.5. The molecule has 0 aromatic heterocycles. The maximum Gasteiger partial charge on any atom is 0.338 e. The number of fused-ring (bicyclic) bond motifs is 1. The van der Waals surface area contributed by atoms with Crippen molar-refractivity contribution in [2.45, 2.75) is 13.2 Å². The molecule has 0 spiro atoms. The zero-order valence-corrected chi connectivity index (χ0v) is 13.8. The van der Waals surface area contributed by atoms with Gasteiger partial charge in [-0.3, -0.25) is 4.79 Å². The van der Waals surface area contributed by atoms with Crippen LogP contribution in [0.5, 0.6) is 5.75 Å². The molecule has 1 atom stereocenters. The zero-order chi connectivity index (χ0) is 18.7. The average molecular weight is 356 g/mol. The fraction of sp³-hybridized carbons (Fsp3) is 0.167. The van der Waals surface area contributed by atoms with E-state index >= 15 is 0 Å². The predicted octanol–water partition coefficient (Wildman–Crippen LogP) is 2.33. The maximum absolute atomic E-state index is 12.3. The van der Waals surface area contributed by atoms with Crippen molar-refractivity contribution in [2.24, 2.45) is 0 Å². The summed E-state index contributed by atoms with van der Waals surface area (Å²) in [5, 5.41) is 14.5. The average Bonchev–Trinajstić information content (AvgIpc) is 2.62. The summed E-state index contributed by atoms with van der Waals surface area (Å²) in [6.07, 6.45) is -1.04. The summed E-state index contributed by atoms with van der Waals surface area (Å²) in [6, 6.07) is 10.6. The molecule has 1 aliphatic rings. The third-order valence-electron chi connectivity index (χ3n) is 3.64. The van der Waals surface area contributed by atoms with Crippen LogP contribution in [0.15, 0.2) is 42.5 Å². The summed E-state index contributed by atoms with van der Waals surface area (Å²) in [5.41, 5.74) is 1.18. The summed E-state index contributed by atoms with van der Waals surface area (Å²) >= 11 is 0. The minimum Gasteiger partial charge on any atom is -0.478 e. The van der Waals surface area contributed by atoms with Crippen LogP contribution in [-0.2, 0) is 9.53 Å². The SMILES string of the molecule is CCOC(=O)c1ccc2c(c1)NC(=O)C(Nc1cccc(C(=O)O)c1)O2. The normalized spacial score (nSPS) is 15.3. The molecular weight excluding hydrogens is 340 g/mol. The fourth-order valence-corrected chi connectivity index (χ4v) is 2.44. The van der Waals surface area contributed by atoms with Gasteiger partial charge in [-0.1, -0.05) is 6.07 Å². The molecule has 0 bridgehead atoms. The molecule has 26 heavy (non-hydrogen) atoms. The van der Waals surface area contributed by atoms with Gasteiger partial charge in [0, 0.05) is 5.69 Å². The van der Waals surface area contributed by atoms with E-state index in [1.165, 1.54) is 24.3 Å². The van der Waals surface area contributed by atoms with Crippen LogP contribution < -0.4 is 15.4 Å². The van der Waals surface area contributed by atoms with Crippen LogP contribution >= 0.6 is 0 Å². The molecule has 0 fully saturated rings. The quantitative estimate of drug-likeness (QED) is 0.705. The second-order valence-electron chi connectivity index (χ2n) is 5.45. The molecule has 3 rings (SSSR count). The summed E-state index contributed by atoms with van der Waals surface area (Å²) in [5.74, 6) is -1.65. The van der Waals surface area contributed by atoms with E-state index in [2.05, 4.69) is 10.6 Å². The van der Waals surface area contributed by atoms with Crippen LogP contribution in [0.25, 0.3) is 0 Å². The van der Waals surface area contributed by atoms with Gasteiger partial charge >= 0.3 is 11.9 Å². The molecule has 1 unspecified atom stereocenters. The number of aromatic carboxylic acids is 1. The van der Waals surface area contributed by atoms with Crippen molar-refractivity contribution >= 4 is 29.2 Å². The summed E-state index contributed by atoms with van der Waals surface area (Å²) in [4.78, 5) is 35.1. The number of rotatable bonds is 5. The Morgan fingerprint density at radius 1 is 1.23 bits per heavy atom. The molecule has 134 valence electrons. The Bertz CT molecular complexity index is 880. The third-order valence-corrected chi connectivity index (χ3v) is 3.64. The highest BCUT2D eigenvalue weighted by molar-refractivity contribution is 6.01. The number of amides is 1. The lowest BCUT2D eigenvalue weighted by Crippen LogP contribution is -2.42. The van der Waals surface area contributed by atoms with E-state index in [1.54, 1.807) is 25.1 Å². The van der Waals surface area contributed by atoms with Crippen molar-refractivity contribution in [1.82, 2.24) is 0 Å². The van der Waals surface area contributed by atoms with E-state index in [0.29, 0.717) is 22.7 Å². The molecule has 2 aromatic rings.